The Labute approximate surface area is 95.5 Å². The first-order valence-electron chi connectivity index (χ1n) is 5.24. The second-order valence-corrected chi connectivity index (χ2v) is 6.43. The maximum atomic E-state index is 12.1. The van der Waals surface area contributed by atoms with E-state index in [1.165, 1.54) is 0 Å². The zero-order valence-corrected chi connectivity index (χ0v) is 10.4. The van der Waals surface area contributed by atoms with Gasteiger partial charge >= 0.3 is 7.75 Å². The number of rotatable bonds is 2. The van der Waals surface area contributed by atoms with E-state index in [1.54, 1.807) is 12.1 Å². The molecule has 2 rings (SSSR count). The molecule has 88 valence electrons. The van der Waals surface area contributed by atoms with Gasteiger partial charge in [0, 0.05) is 12.0 Å². The van der Waals surface area contributed by atoms with Crippen LogP contribution in [-0.4, -0.2) is 13.2 Å². The van der Waals surface area contributed by atoms with Crippen LogP contribution < -0.4 is 9.61 Å². The fourth-order valence-electron chi connectivity index (χ4n) is 1.35. The van der Waals surface area contributed by atoms with Crippen LogP contribution >= 0.6 is 7.75 Å². The SMILES string of the molecule is CC1(C)CNP(=O)(Oc2ccccc2)OC1. The Kier molecular flexibility index (Phi) is 3.06. The average molecular weight is 241 g/mol. The van der Waals surface area contributed by atoms with Gasteiger partial charge in [0.15, 0.2) is 0 Å². The Morgan fingerprint density at radius 3 is 2.62 bits per heavy atom. The molecule has 0 amide bonds. The quantitative estimate of drug-likeness (QED) is 0.809. The van der Waals surface area contributed by atoms with E-state index in [0.717, 1.165) is 0 Å². The second kappa shape index (κ2) is 4.21. The van der Waals surface area contributed by atoms with Crippen LogP contribution in [0.2, 0.25) is 0 Å². The van der Waals surface area contributed by atoms with Crippen LogP contribution in [0.3, 0.4) is 0 Å². The highest BCUT2D eigenvalue weighted by molar-refractivity contribution is 7.52. The Balaban J connectivity index is 2.03. The molecule has 1 aliphatic heterocycles. The molecule has 5 heteroatoms. The van der Waals surface area contributed by atoms with Crippen molar-refractivity contribution in [1.82, 2.24) is 5.09 Å². The third-order valence-electron chi connectivity index (χ3n) is 2.35. The summed E-state index contributed by atoms with van der Waals surface area (Å²) in [5.74, 6) is 0.554. The summed E-state index contributed by atoms with van der Waals surface area (Å²) >= 11 is 0. The summed E-state index contributed by atoms with van der Waals surface area (Å²) in [5, 5.41) is 2.85. The second-order valence-electron chi connectivity index (χ2n) is 4.67. The Bertz CT molecular complexity index is 391. The van der Waals surface area contributed by atoms with Crippen molar-refractivity contribution < 1.29 is 13.6 Å². The zero-order chi connectivity index (χ0) is 11.6. The Morgan fingerprint density at radius 1 is 1.38 bits per heavy atom. The lowest BCUT2D eigenvalue weighted by molar-refractivity contribution is 0.130. The first kappa shape index (κ1) is 11.6. The molecule has 0 saturated carbocycles. The molecule has 0 aliphatic carbocycles. The first-order valence-corrected chi connectivity index (χ1v) is 6.78. The minimum Gasteiger partial charge on any atom is -0.413 e. The summed E-state index contributed by atoms with van der Waals surface area (Å²) in [4.78, 5) is 0. The van der Waals surface area contributed by atoms with E-state index in [-0.39, 0.29) is 5.41 Å². The molecule has 1 fully saturated rings. The van der Waals surface area contributed by atoms with Crippen molar-refractivity contribution in [2.75, 3.05) is 13.2 Å². The molecule has 1 heterocycles. The molecule has 1 unspecified atom stereocenters. The summed E-state index contributed by atoms with van der Waals surface area (Å²) < 4.78 is 22.8. The van der Waals surface area contributed by atoms with Crippen LogP contribution in [0, 0.1) is 5.41 Å². The van der Waals surface area contributed by atoms with E-state index in [4.69, 9.17) is 9.05 Å². The minimum atomic E-state index is -3.17. The highest BCUT2D eigenvalue weighted by atomic mass is 31.2. The van der Waals surface area contributed by atoms with E-state index >= 15 is 0 Å². The van der Waals surface area contributed by atoms with E-state index in [2.05, 4.69) is 5.09 Å². The van der Waals surface area contributed by atoms with Gasteiger partial charge in [0.1, 0.15) is 5.75 Å². The van der Waals surface area contributed by atoms with Gasteiger partial charge in [0.05, 0.1) is 6.61 Å². The van der Waals surface area contributed by atoms with Crippen LogP contribution in [0.1, 0.15) is 13.8 Å². The highest BCUT2D eigenvalue weighted by Crippen LogP contribution is 2.48. The van der Waals surface area contributed by atoms with Gasteiger partial charge in [-0.15, -0.1) is 0 Å². The summed E-state index contributed by atoms with van der Waals surface area (Å²) in [6.07, 6.45) is 0. The third-order valence-corrected chi connectivity index (χ3v) is 3.81. The third kappa shape index (κ3) is 2.85. The van der Waals surface area contributed by atoms with Crippen LogP contribution in [0.15, 0.2) is 30.3 Å². The molecule has 0 spiro atoms. The standard InChI is InChI=1S/C11H16NO3P/c1-11(2)8-12-16(13,14-9-11)15-10-6-4-3-5-7-10/h3-7H,8-9H2,1-2H3,(H,12,13). The molecule has 1 N–H and O–H groups in total. The van der Waals surface area contributed by atoms with Crippen molar-refractivity contribution in [3.8, 4) is 5.75 Å². The molecule has 1 saturated heterocycles. The number of para-hydroxylation sites is 1. The van der Waals surface area contributed by atoms with E-state index in [9.17, 15) is 4.57 Å². The normalized spacial score (nSPS) is 28.6. The van der Waals surface area contributed by atoms with E-state index in [1.807, 2.05) is 32.0 Å². The maximum absolute atomic E-state index is 12.1. The van der Waals surface area contributed by atoms with Gasteiger partial charge < -0.3 is 4.52 Å². The number of hydrogen-bond donors (Lipinski definition) is 1. The molecule has 1 aromatic rings. The summed E-state index contributed by atoms with van der Waals surface area (Å²) in [7, 11) is -3.17. The molecular weight excluding hydrogens is 225 g/mol. The van der Waals surface area contributed by atoms with Gasteiger partial charge in [-0.05, 0) is 12.1 Å². The van der Waals surface area contributed by atoms with E-state index in [0.29, 0.717) is 18.9 Å². The predicted octanol–water partition coefficient (Wildman–Crippen LogP) is 2.82. The monoisotopic (exact) mass is 241 g/mol. The van der Waals surface area contributed by atoms with Crippen molar-refractivity contribution >= 4 is 7.75 Å². The fraction of sp³-hybridized carbons (Fsp3) is 0.455. The van der Waals surface area contributed by atoms with Gasteiger partial charge in [-0.1, -0.05) is 32.0 Å². The highest BCUT2D eigenvalue weighted by Gasteiger charge is 2.37. The summed E-state index contributed by atoms with van der Waals surface area (Å²) in [6.45, 7) is 5.15. The molecule has 0 radical (unpaired) electrons. The average Bonchev–Trinajstić information content (AvgIpc) is 2.25. The molecule has 1 atom stereocenters. The molecule has 16 heavy (non-hydrogen) atoms. The van der Waals surface area contributed by atoms with Crippen molar-refractivity contribution in [3.05, 3.63) is 30.3 Å². The van der Waals surface area contributed by atoms with E-state index < -0.39 is 7.75 Å². The predicted molar refractivity (Wildman–Crippen MR) is 62.4 cm³/mol. The molecule has 0 aromatic heterocycles. The Hall–Kier alpha value is -0.830. The topological polar surface area (TPSA) is 47.6 Å². The lowest BCUT2D eigenvalue weighted by atomic mass is 9.96. The van der Waals surface area contributed by atoms with Gasteiger partial charge in [-0.3, -0.25) is 4.52 Å². The molecule has 4 nitrogen and oxygen atoms in total. The minimum absolute atomic E-state index is 0.00599. The lowest BCUT2D eigenvalue weighted by Gasteiger charge is -2.34. The van der Waals surface area contributed by atoms with Crippen molar-refractivity contribution in [2.24, 2.45) is 5.41 Å². The molecular formula is C11H16NO3P. The van der Waals surface area contributed by atoms with Gasteiger partial charge in [0.25, 0.3) is 0 Å². The van der Waals surface area contributed by atoms with Crippen LogP contribution in [-0.2, 0) is 9.09 Å². The van der Waals surface area contributed by atoms with Crippen molar-refractivity contribution in [3.63, 3.8) is 0 Å². The van der Waals surface area contributed by atoms with Gasteiger partial charge in [0.2, 0.25) is 0 Å². The van der Waals surface area contributed by atoms with Crippen molar-refractivity contribution in [2.45, 2.75) is 13.8 Å². The van der Waals surface area contributed by atoms with Crippen molar-refractivity contribution in [1.29, 1.82) is 0 Å². The van der Waals surface area contributed by atoms with Gasteiger partial charge in [-0.25, -0.2) is 9.65 Å². The molecule has 1 aromatic carbocycles. The number of benzene rings is 1. The largest absolute Gasteiger partial charge is 0.458 e. The van der Waals surface area contributed by atoms with Crippen LogP contribution in [0.4, 0.5) is 0 Å². The first-order chi connectivity index (χ1) is 7.49. The van der Waals surface area contributed by atoms with Gasteiger partial charge in [-0.2, -0.15) is 0 Å². The smallest absolute Gasteiger partial charge is 0.413 e. The number of hydrogen-bond acceptors (Lipinski definition) is 3. The Morgan fingerprint density at radius 2 is 2.06 bits per heavy atom. The summed E-state index contributed by atoms with van der Waals surface area (Å²) in [5.41, 5.74) is -0.00599. The molecule has 0 bridgehead atoms. The zero-order valence-electron chi connectivity index (χ0n) is 9.47. The maximum Gasteiger partial charge on any atom is 0.458 e. The van der Waals surface area contributed by atoms with Crippen LogP contribution in [0.25, 0.3) is 0 Å². The number of nitrogens with one attached hydrogen (secondary N) is 1. The van der Waals surface area contributed by atoms with Crippen LogP contribution in [0.5, 0.6) is 5.75 Å². The molecule has 1 aliphatic rings. The fourth-order valence-corrected chi connectivity index (χ4v) is 3.09. The summed E-state index contributed by atoms with van der Waals surface area (Å²) in [6, 6.07) is 9.04. The lowest BCUT2D eigenvalue weighted by Crippen LogP contribution is -2.38.